The SMILES string of the molecule is O=C1CCC(Nc2cc(Br)cc3c2OCC3)C(=O)N1. The third kappa shape index (κ3) is 2.45. The molecule has 1 aromatic rings. The van der Waals surface area contributed by atoms with E-state index in [2.05, 4.69) is 26.6 Å². The van der Waals surface area contributed by atoms with Gasteiger partial charge in [-0.2, -0.15) is 0 Å². The molecule has 1 unspecified atom stereocenters. The Balaban J connectivity index is 1.84. The third-order valence-electron chi connectivity index (χ3n) is 3.32. The fourth-order valence-corrected chi connectivity index (χ4v) is 2.90. The third-order valence-corrected chi connectivity index (χ3v) is 3.78. The molecule has 0 radical (unpaired) electrons. The van der Waals surface area contributed by atoms with Crippen LogP contribution in [0.25, 0.3) is 0 Å². The van der Waals surface area contributed by atoms with Gasteiger partial charge in [-0.25, -0.2) is 0 Å². The minimum absolute atomic E-state index is 0.209. The molecule has 0 bridgehead atoms. The molecule has 0 saturated carbocycles. The van der Waals surface area contributed by atoms with E-state index in [9.17, 15) is 9.59 Å². The van der Waals surface area contributed by atoms with Crippen molar-refractivity contribution in [3.05, 3.63) is 22.2 Å². The van der Waals surface area contributed by atoms with Gasteiger partial charge in [-0.05, 0) is 18.6 Å². The van der Waals surface area contributed by atoms with Crippen LogP contribution >= 0.6 is 15.9 Å². The Hall–Kier alpha value is -1.56. The first-order valence-electron chi connectivity index (χ1n) is 6.19. The number of ether oxygens (including phenoxy) is 1. The number of amides is 2. The van der Waals surface area contributed by atoms with Crippen molar-refractivity contribution in [2.45, 2.75) is 25.3 Å². The molecule has 19 heavy (non-hydrogen) atoms. The second-order valence-corrected chi connectivity index (χ2v) is 5.60. The Kier molecular flexibility index (Phi) is 3.18. The summed E-state index contributed by atoms with van der Waals surface area (Å²) in [6.07, 6.45) is 1.74. The number of carbonyl (C=O) groups excluding carboxylic acids is 2. The molecule has 0 aliphatic carbocycles. The van der Waals surface area contributed by atoms with Gasteiger partial charge in [0.15, 0.2) is 0 Å². The molecule has 100 valence electrons. The van der Waals surface area contributed by atoms with Crippen molar-refractivity contribution in [2.24, 2.45) is 0 Å². The van der Waals surface area contributed by atoms with E-state index in [1.54, 1.807) is 0 Å². The molecule has 1 aromatic carbocycles. The average Bonchev–Trinajstić information content (AvgIpc) is 2.80. The van der Waals surface area contributed by atoms with Gasteiger partial charge in [-0.15, -0.1) is 0 Å². The van der Waals surface area contributed by atoms with Gasteiger partial charge in [0.25, 0.3) is 0 Å². The van der Waals surface area contributed by atoms with Gasteiger partial charge in [0.1, 0.15) is 11.8 Å². The van der Waals surface area contributed by atoms with Crippen LogP contribution in [0.1, 0.15) is 18.4 Å². The van der Waals surface area contributed by atoms with Crippen LogP contribution in [0.5, 0.6) is 5.75 Å². The van der Waals surface area contributed by atoms with E-state index in [1.165, 1.54) is 0 Å². The largest absolute Gasteiger partial charge is 0.491 e. The van der Waals surface area contributed by atoms with Gasteiger partial charge < -0.3 is 10.1 Å². The van der Waals surface area contributed by atoms with E-state index >= 15 is 0 Å². The molecule has 2 heterocycles. The van der Waals surface area contributed by atoms with Crippen molar-refractivity contribution in [3.63, 3.8) is 0 Å². The molecular weight excluding hydrogens is 312 g/mol. The van der Waals surface area contributed by atoms with Gasteiger partial charge in [-0.1, -0.05) is 15.9 Å². The van der Waals surface area contributed by atoms with Crippen molar-refractivity contribution in [2.75, 3.05) is 11.9 Å². The zero-order chi connectivity index (χ0) is 13.4. The van der Waals surface area contributed by atoms with Crippen molar-refractivity contribution in [1.29, 1.82) is 0 Å². The minimum atomic E-state index is -0.389. The summed E-state index contributed by atoms with van der Waals surface area (Å²) < 4.78 is 6.55. The molecule has 0 aromatic heterocycles. The maximum absolute atomic E-state index is 11.7. The minimum Gasteiger partial charge on any atom is -0.491 e. The van der Waals surface area contributed by atoms with Crippen molar-refractivity contribution in [3.8, 4) is 5.75 Å². The lowest BCUT2D eigenvalue weighted by molar-refractivity contribution is -0.133. The summed E-state index contributed by atoms with van der Waals surface area (Å²) in [6, 6.07) is 3.53. The lowest BCUT2D eigenvalue weighted by Crippen LogP contribution is -2.47. The highest BCUT2D eigenvalue weighted by Gasteiger charge is 2.28. The zero-order valence-electron chi connectivity index (χ0n) is 10.2. The van der Waals surface area contributed by atoms with Crippen LogP contribution in [-0.4, -0.2) is 24.5 Å². The number of anilines is 1. The molecule has 6 heteroatoms. The van der Waals surface area contributed by atoms with Gasteiger partial charge >= 0.3 is 0 Å². The van der Waals surface area contributed by atoms with Crippen molar-refractivity contribution in [1.82, 2.24) is 5.32 Å². The van der Waals surface area contributed by atoms with Crippen LogP contribution in [0.4, 0.5) is 5.69 Å². The predicted octanol–water partition coefficient (Wildman–Crippen LogP) is 1.60. The number of rotatable bonds is 2. The number of hydrogen-bond acceptors (Lipinski definition) is 4. The molecule has 2 amide bonds. The maximum Gasteiger partial charge on any atom is 0.249 e. The number of benzene rings is 1. The zero-order valence-corrected chi connectivity index (χ0v) is 11.7. The second kappa shape index (κ2) is 4.85. The smallest absolute Gasteiger partial charge is 0.249 e. The lowest BCUT2D eigenvalue weighted by atomic mass is 10.0. The molecule has 1 fully saturated rings. The highest BCUT2D eigenvalue weighted by atomic mass is 79.9. The Morgan fingerprint density at radius 3 is 2.95 bits per heavy atom. The Morgan fingerprint density at radius 2 is 2.16 bits per heavy atom. The lowest BCUT2D eigenvalue weighted by Gasteiger charge is -2.23. The summed E-state index contributed by atoms with van der Waals surface area (Å²) in [5.41, 5.74) is 1.93. The van der Waals surface area contributed by atoms with E-state index in [0.29, 0.717) is 19.4 Å². The number of imide groups is 1. The molecule has 2 aliphatic rings. The number of halogens is 1. The highest BCUT2D eigenvalue weighted by molar-refractivity contribution is 9.10. The van der Waals surface area contributed by atoms with Crippen LogP contribution in [0.2, 0.25) is 0 Å². The van der Waals surface area contributed by atoms with Gasteiger partial charge in [0.2, 0.25) is 11.8 Å². The molecule has 2 N–H and O–H groups in total. The summed E-state index contributed by atoms with van der Waals surface area (Å²) >= 11 is 3.46. The highest BCUT2D eigenvalue weighted by Crippen LogP contribution is 2.37. The van der Waals surface area contributed by atoms with Gasteiger partial charge in [0, 0.05) is 22.9 Å². The summed E-state index contributed by atoms with van der Waals surface area (Å²) in [7, 11) is 0. The molecular formula is C13H13BrN2O3. The number of hydrogen-bond donors (Lipinski definition) is 2. The number of piperidine rings is 1. The van der Waals surface area contributed by atoms with E-state index in [-0.39, 0.29) is 17.9 Å². The Labute approximate surface area is 118 Å². The van der Waals surface area contributed by atoms with E-state index in [4.69, 9.17) is 4.74 Å². The standard InChI is InChI=1S/C13H13BrN2O3/c14-8-5-7-3-4-19-12(7)10(6-8)15-9-1-2-11(17)16-13(9)18/h5-6,9,15H,1-4H2,(H,16,17,18). The number of nitrogens with one attached hydrogen (secondary N) is 2. The molecule has 2 aliphatic heterocycles. The van der Waals surface area contributed by atoms with Crippen LogP contribution < -0.4 is 15.4 Å². The first-order chi connectivity index (χ1) is 9.13. The van der Waals surface area contributed by atoms with Gasteiger partial charge in [0.05, 0.1) is 12.3 Å². The van der Waals surface area contributed by atoms with Crippen LogP contribution in [-0.2, 0) is 16.0 Å². The summed E-state index contributed by atoms with van der Waals surface area (Å²) in [4.78, 5) is 22.9. The maximum atomic E-state index is 11.7. The normalized spacial score (nSPS) is 21.6. The fraction of sp³-hybridized carbons (Fsp3) is 0.385. The Morgan fingerprint density at radius 1 is 1.32 bits per heavy atom. The summed E-state index contributed by atoms with van der Waals surface area (Å²) in [6.45, 7) is 0.663. The first-order valence-corrected chi connectivity index (χ1v) is 6.98. The van der Waals surface area contributed by atoms with E-state index in [0.717, 1.165) is 27.9 Å². The molecule has 1 saturated heterocycles. The van der Waals surface area contributed by atoms with Crippen LogP contribution in [0, 0.1) is 0 Å². The number of fused-ring (bicyclic) bond motifs is 1. The number of carbonyl (C=O) groups is 2. The molecule has 5 nitrogen and oxygen atoms in total. The summed E-state index contributed by atoms with van der Waals surface area (Å²) in [5, 5.41) is 5.51. The first kappa shape index (κ1) is 12.5. The second-order valence-electron chi connectivity index (χ2n) is 4.69. The Bertz CT molecular complexity index is 559. The summed E-state index contributed by atoms with van der Waals surface area (Å²) in [5.74, 6) is 0.328. The monoisotopic (exact) mass is 324 g/mol. The molecule has 3 rings (SSSR count). The van der Waals surface area contributed by atoms with Crippen molar-refractivity contribution >= 4 is 33.4 Å². The predicted molar refractivity (Wildman–Crippen MR) is 73.1 cm³/mol. The van der Waals surface area contributed by atoms with E-state index in [1.807, 2.05) is 12.1 Å². The molecule has 1 atom stereocenters. The van der Waals surface area contributed by atoms with E-state index < -0.39 is 0 Å². The average molecular weight is 325 g/mol. The molecule has 0 spiro atoms. The fourth-order valence-electron chi connectivity index (χ4n) is 2.40. The quantitative estimate of drug-likeness (QED) is 0.811. The van der Waals surface area contributed by atoms with Gasteiger partial charge in [-0.3, -0.25) is 14.9 Å². The van der Waals surface area contributed by atoms with Crippen molar-refractivity contribution < 1.29 is 14.3 Å². The van der Waals surface area contributed by atoms with Crippen LogP contribution in [0.15, 0.2) is 16.6 Å². The topological polar surface area (TPSA) is 67.4 Å². The van der Waals surface area contributed by atoms with Crippen LogP contribution in [0.3, 0.4) is 0 Å².